The molecule has 0 spiro atoms. The number of carboxylic acid groups (broad SMARTS) is 1. The van der Waals surface area contributed by atoms with E-state index in [1.54, 1.807) is 17.5 Å². The molecule has 0 unspecified atom stereocenters. The zero-order valence-corrected chi connectivity index (χ0v) is 15.0. The monoisotopic (exact) mass is 369 g/mol. The van der Waals surface area contributed by atoms with Crippen molar-refractivity contribution < 1.29 is 9.90 Å². The normalized spacial score (nSPS) is 20.3. The van der Waals surface area contributed by atoms with Crippen LogP contribution in [-0.2, 0) is 6.42 Å². The van der Waals surface area contributed by atoms with E-state index in [1.807, 2.05) is 11.4 Å². The molecule has 4 rings (SSSR count). The number of nitriles is 1. The predicted molar refractivity (Wildman–Crippen MR) is 99.3 cm³/mol. The largest absolute Gasteiger partial charge is 0.465 e. The summed E-state index contributed by atoms with van der Waals surface area (Å²) in [6.45, 7) is 0.511. The number of imidazole rings is 1. The van der Waals surface area contributed by atoms with E-state index < -0.39 is 6.09 Å². The Kier molecular flexibility index (Phi) is 4.47. The quantitative estimate of drug-likeness (QED) is 0.729. The number of hydrogen-bond donors (Lipinski definition) is 2. The number of hydrogen-bond acceptors (Lipinski definition) is 5. The van der Waals surface area contributed by atoms with Crippen molar-refractivity contribution in [3.05, 3.63) is 23.5 Å². The lowest BCUT2D eigenvalue weighted by atomic mass is 9.85. The first kappa shape index (κ1) is 16.8. The SMILES string of the molecule is N#CCc1nc2cnc3ccsc3c2n1[C@H]1CC[C@H](CNC(=O)O)CC1. The van der Waals surface area contributed by atoms with Crippen LogP contribution in [0.2, 0.25) is 0 Å². The number of amides is 1. The molecule has 0 aliphatic heterocycles. The highest BCUT2D eigenvalue weighted by molar-refractivity contribution is 7.18. The molecule has 3 heterocycles. The van der Waals surface area contributed by atoms with Gasteiger partial charge in [-0.25, -0.2) is 9.78 Å². The van der Waals surface area contributed by atoms with Crippen molar-refractivity contribution in [1.29, 1.82) is 5.26 Å². The van der Waals surface area contributed by atoms with Crippen LogP contribution in [0.1, 0.15) is 37.5 Å². The first-order valence-corrected chi connectivity index (χ1v) is 9.62. The molecule has 1 saturated carbocycles. The van der Waals surface area contributed by atoms with Crippen LogP contribution in [0.3, 0.4) is 0 Å². The van der Waals surface area contributed by atoms with Crippen LogP contribution < -0.4 is 5.32 Å². The van der Waals surface area contributed by atoms with Gasteiger partial charge in [0.1, 0.15) is 11.3 Å². The Balaban J connectivity index is 1.67. The number of carbonyl (C=O) groups is 1. The fourth-order valence-electron chi connectivity index (χ4n) is 3.95. The third kappa shape index (κ3) is 2.99. The molecule has 26 heavy (non-hydrogen) atoms. The maximum atomic E-state index is 10.7. The van der Waals surface area contributed by atoms with Gasteiger partial charge in [0.15, 0.2) is 0 Å². The Morgan fingerprint density at radius 2 is 2.19 bits per heavy atom. The minimum Gasteiger partial charge on any atom is -0.465 e. The summed E-state index contributed by atoms with van der Waals surface area (Å²) in [6.07, 6.45) is 4.98. The number of aromatic nitrogens is 3. The molecule has 0 radical (unpaired) electrons. The second-order valence-electron chi connectivity index (χ2n) is 6.72. The molecular formula is C18H19N5O2S. The van der Waals surface area contributed by atoms with Gasteiger partial charge in [0.25, 0.3) is 0 Å². The number of rotatable bonds is 4. The van der Waals surface area contributed by atoms with Crippen molar-refractivity contribution in [1.82, 2.24) is 19.9 Å². The van der Waals surface area contributed by atoms with Gasteiger partial charge in [-0.2, -0.15) is 5.26 Å². The van der Waals surface area contributed by atoms with E-state index in [9.17, 15) is 10.1 Å². The molecule has 134 valence electrons. The summed E-state index contributed by atoms with van der Waals surface area (Å²) in [5.41, 5.74) is 2.90. The Hall–Kier alpha value is -2.66. The second-order valence-corrected chi connectivity index (χ2v) is 7.64. The first-order valence-electron chi connectivity index (χ1n) is 8.74. The summed E-state index contributed by atoms with van der Waals surface area (Å²) >= 11 is 1.66. The van der Waals surface area contributed by atoms with E-state index in [2.05, 4.69) is 25.9 Å². The van der Waals surface area contributed by atoms with Crippen molar-refractivity contribution in [3.8, 4) is 6.07 Å². The highest BCUT2D eigenvalue weighted by Gasteiger charge is 2.27. The van der Waals surface area contributed by atoms with Gasteiger partial charge in [0.2, 0.25) is 0 Å². The van der Waals surface area contributed by atoms with Gasteiger partial charge in [0, 0.05) is 12.6 Å². The number of nitrogens with one attached hydrogen (secondary N) is 1. The fourth-order valence-corrected chi connectivity index (χ4v) is 4.84. The molecule has 8 heteroatoms. The van der Waals surface area contributed by atoms with E-state index in [4.69, 9.17) is 5.11 Å². The van der Waals surface area contributed by atoms with Crippen molar-refractivity contribution in [2.24, 2.45) is 5.92 Å². The Labute approximate surface area is 154 Å². The van der Waals surface area contributed by atoms with E-state index in [0.29, 0.717) is 12.5 Å². The summed E-state index contributed by atoms with van der Waals surface area (Å²) < 4.78 is 3.37. The van der Waals surface area contributed by atoms with E-state index in [1.165, 1.54) is 0 Å². The van der Waals surface area contributed by atoms with Crippen molar-refractivity contribution in [3.63, 3.8) is 0 Å². The lowest BCUT2D eigenvalue weighted by Crippen LogP contribution is -2.30. The van der Waals surface area contributed by atoms with Gasteiger partial charge >= 0.3 is 6.09 Å². The summed E-state index contributed by atoms with van der Waals surface area (Å²) in [5, 5.41) is 22.5. The number of thiophene rings is 1. The topological polar surface area (TPSA) is 104 Å². The Morgan fingerprint density at radius 3 is 2.92 bits per heavy atom. The molecule has 1 aliphatic carbocycles. The van der Waals surface area contributed by atoms with Crippen molar-refractivity contribution in [2.75, 3.05) is 6.54 Å². The van der Waals surface area contributed by atoms with Gasteiger partial charge < -0.3 is 15.0 Å². The summed E-state index contributed by atoms with van der Waals surface area (Å²) in [6, 6.07) is 4.53. The van der Waals surface area contributed by atoms with E-state index in [-0.39, 0.29) is 12.5 Å². The molecule has 1 fully saturated rings. The van der Waals surface area contributed by atoms with Crippen molar-refractivity contribution >= 4 is 38.7 Å². The lowest BCUT2D eigenvalue weighted by molar-refractivity contribution is 0.188. The third-order valence-electron chi connectivity index (χ3n) is 5.16. The van der Waals surface area contributed by atoms with Gasteiger partial charge in [-0.1, -0.05) is 0 Å². The third-order valence-corrected chi connectivity index (χ3v) is 6.07. The molecule has 2 N–H and O–H groups in total. The van der Waals surface area contributed by atoms with Crippen LogP contribution >= 0.6 is 11.3 Å². The van der Waals surface area contributed by atoms with Crippen LogP contribution in [-0.4, -0.2) is 32.3 Å². The standard InChI is InChI=1S/C18H19N5O2S/c19-7-5-15-22-14-10-20-13-6-8-26-17(13)16(14)23(15)12-3-1-11(2-4-12)9-21-18(24)25/h6,8,10-12,21H,1-5,9H2,(H,24,25)/t11-,12-. The predicted octanol–water partition coefficient (Wildman–Crippen LogP) is 3.71. The average molecular weight is 369 g/mol. The highest BCUT2D eigenvalue weighted by Crippen LogP contribution is 2.38. The van der Waals surface area contributed by atoms with Gasteiger partial charge in [0.05, 0.1) is 34.4 Å². The minimum absolute atomic E-state index is 0.280. The zero-order valence-electron chi connectivity index (χ0n) is 14.2. The second kappa shape index (κ2) is 6.92. The van der Waals surface area contributed by atoms with Crippen LogP contribution in [0.5, 0.6) is 0 Å². The van der Waals surface area contributed by atoms with Crippen LogP contribution in [0.15, 0.2) is 17.6 Å². The molecule has 1 amide bonds. The molecule has 7 nitrogen and oxygen atoms in total. The Morgan fingerprint density at radius 1 is 1.38 bits per heavy atom. The Bertz CT molecular complexity index is 994. The van der Waals surface area contributed by atoms with Crippen LogP contribution in [0, 0.1) is 17.2 Å². The van der Waals surface area contributed by atoms with Crippen molar-refractivity contribution in [2.45, 2.75) is 38.1 Å². The fraction of sp³-hybridized carbons (Fsp3) is 0.444. The molecule has 3 aromatic heterocycles. The zero-order chi connectivity index (χ0) is 18.1. The van der Waals surface area contributed by atoms with Gasteiger partial charge in [-0.05, 0) is 43.0 Å². The highest BCUT2D eigenvalue weighted by atomic mass is 32.1. The molecule has 1 aliphatic rings. The molecule has 0 aromatic carbocycles. The minimum atomic E-state index is -0.961. The van der Waals surface area contributed by atoms with E-state index in [0.717, 1.165) is 52.8 Å². The molecule has 3 aromatic rings. The number of pyridine rings is 1. The lowest BCUT2D eigenvalue weighted by Gasteiger charge is -2.30. The van der Waals surface area contributed by atoms with Crippen LogP contribution in [0.25, 0.3) is 21.3 Å². The summed E-state index contributed by atoms with van der Waals surface area (Å²) in [5.74, 6) is 1.18. The first-order chi connectivity index (χ1) is 12.7. The maximum Gasteiger partial charge on any atom is 0.404 e. The van der Waals surface area contributed by atoms with Gasteiger partial charge in [-0.15, -0.1) is 11.3 Å². The van der Waals surface area contributed by atoms with Gasteiger partial charge in [-0.3, -0.25) is 4.98 Å². The molecule has 0 saturated heterocycles. The molecular weight excluding hydrogens is 350 g/mol. The average Bonchev–Trinajstić information content (AvgIpc) is 3.24. The van der Waals surface area contributed by atoms with Crippen LogP contribution in [0.4, 0.5) is 4.79 Å². The number of nitrogens with zero attached hydrogens (tertiary/aromatic N) is 4. The molecule has 0 atom stereocenters. The summed E-state index contributed by atoms with van der Waals surface area (Å²) in [4.78, 5) is 19.8. The summed E-state index contributed by atoms with van der Waals surface area (Å²) in [7, 11) is 0. The number of fused-ring (bicyclic) bond motifs is 3. The smallest absolute Gasteiger partial charge is 0.404 e. The van der Waals surface area contributed by atoms with E-state index >= 15 is 0 Å². The maximum absolute atomic E-state index is 10.7. The molecule has 0 bridgehead atoms.